The first-order valence-electron chi connectivity index (χ1n) is 3.51. The molecule has 0 aromatic heterocycles. The Kier molecular flexibility index (Phi) is 1.90. The van der Waals surface area contributed by atoms with Crippen LogP contribution in [0.3, 0.4) is 0 Å². The molecule has 1 fully saturated rings. The predicted octanol–water partition coefficient (Wildman–Crippen LogP) is 0.611. The van der Waals surface area contributed by atoms with Gasteiger partial charge in [0.25, 0.3) is 0 Å². The second-order valence-corrected chi connectivity index (χ2v) is 3.10. The Morgan fingerprint density at radius 3 is 2.18 bits per heavy atom. The minimum atomic E-state index is -0.969. The first-order chi connectivity index (χ1) is 4.92. The number of carboxylic acid groups (broad SMARTS) is 1. The molecule has 1 saturated heterocycles. The minimum Gasteiger partial charge on any atom is -0.479 e. The van der Waals surface area contributed by atoms with Gasteiger partial charge in [-0.05, 0) is 20.8 Å². The third-order valence-corrected chi connectivity index (χ3v) is 1.55. The number of hydrogen-bond acceptors (Lipinski definition) is 3. The summed E-state index contributed by atoms with van der Waals surface area (Å²) in [6.07, 6.45) is -1.20. The quantitative estimate of drug-likeness (QED) is 0.610. The lowest BCUT2D eigenvalue weighted by Gasteiger charge is -2.15. The first-order valence-corrected chi connectivity index (χ1v) is 3.51. The van der Waals surface area contributed by atoms with Crippen molar-refractivity contribution in [1.82, 2.24) is 0 Å². The molecule has 1 rings (SSSR count). The number of carboxylic acids is 1. The molecule has 11 heavy (non-hydrogen) atoms. The van der Waals surface area contributed by atoms with E-state index in [1.165, 1.54) is 0 Å². The van der Waals surface area contributed by atoms with Crippen molar-refractivity contribution >= 4 is 5.97 Å². The van der Waals surface area contributed by atoms with E-state index in [0.29, 0.717) is 0 Å². The summed E-state index contributed by atoms with van der Waals surface area (Å²) in [5, 5.41) is 8.61. The van der Waals surface area contributed by atoms with Crippen molar-refractivity contribution in [2.45, 2.75) is 38.8 Å². The van der Waals surface area contributed by atoms with Crippen molar-refractivity contribution in [3.63, 3.8) is 0 Å². The first kappa shape index (κ1) is 8.49. The third kappa shape index (κ3) is 1.70. The Labute approximate surface area is 65.1 Å². The van der Waals surface area contributed by atoms with Gasteiger partial charge in [-0.2, -0.15) is 0 Å². The van der Waals surface area contributed by atoms with Crippen LogP contribution in [-0.2, 0) is 14.3 Å². The van der Waals surface area contributed by atoms with Gasteiger partial charge in [-0.3, -0.25) is 0 Å². The summed E-state index contributed by atoms with van der Waals surface area (Å²) in [4.78, 5) is 10.5. The van der Waals surface area contributed by atoms with Gasteiger partial charge in [0.2, 0.25) is 0 Å². The number of aliphatic carboxylic acids is 1. The van der Waals surface area contributed by atoms with E-state index in [-0.39, 0.29) is 6.10 Å². The molecule has 0 amide bonds. The fourth-order valence-corrected chi connectivity index (χ4v) is 1.19. The van der Waals surface area contributed by atoms with Crippen molar-refractivity contribution in [2.75, 3.05) is 0 Å². The molecule has 2 atom stereocenters. The van der Waals surface area contributed by atoms with Gasteiger partial charge < -0.3 is 14.6 Å². The van der Waals surface area contributed by atoms with Crippen molar-refractivity contribution < 1.29 is 19.4 Å². The van der Waals surface area contributed by atoms with Gasteiger partial charge in [0.15, 0.2) is 11.9 Å². The Bertz CT molecular complexity index is 175. The summed E-state index contributed by atoms with van der Waals surface area (Å²) in [5.74, 6) is -1.73. The largest absolute Gasteiger partial charge is 0.479 e. The molecular formula is C7H12O4. The highest BCUT2D eigenvalue weighted by Crippen LogP contribution is 2.27. The Balaban J connectivity index is 2.66. The molecule has 0 unspecified atom stereocenters. The topological polar surface area (TPSA) is 55.8 Å². The van der Waals surface area contributed by atoms with Gasteiger partial charge in [-0.25, -0.2) is 4.79 Å². The molecule has 4 heteroatoms. The smallest absolute Gasteiger partial charge is 0.335 e. The summed E-state index contributed by atoms with van der Waals surface area (Å²) < 4.78 is 10.3. The van der Waals surface area contributed by atoms with Crippen LogP contribution in [-0.4, -0.2) is 29.1 Å². The van der Waals surface area contributed by atoms with Gasteiger partial charge in [-0.15, -0.1) is 0 Å². The van der Waals surface area contributed by atoms with E-state index < -0.39 is 17.9 Å². The molecule has 0 aromatic carbocycles. The second-order valence-electron chi connectivity index (χ2n) is 3.10. The summed E-state index contributed by atoms with van der Waals surface area (Å²) in [7, 11) is 0. The zero-order valence-corrected chi connectivity index (χ0v) is 6.83. The van der Waals surface area contributed by atoms with Crippen LogP contribution in [0.4, 0.5) is 0 Å². The third-order valence-electron chi connectivity index (χ3n) is 1.55. The molecule has 0 aromatic rings. The maximum atomic E-state index is 10.5. The average Bonchev–Trinajstić information content (AvgIpc) is 2.05. The molecule has 1 aliphatic rings. The molecule has 1 N–H and O–H groups in total. The Morgan fingerprint density at radius 2 is 2.00 bits per heavy atom. The lowest BCUT2D eigenvalue weighted by Crippen LogP contribution is -2.29. The van der Waals surface area contributed by atoms with Crippen LogP contribution < -0.4 is 0 Å². The number of carbonyl (C=O) groups is 1. The zero-order valence-electron chi connectivity index (χ0n) is 6.83. The highest BCUT2D eigenvalue weighted by Gasteiger charge is 2.42. The zero-order chi connectivity index (χ0) is 8.65. The summed E-state index contributed by atoms with van der Waals surface area (Å²) in [6.45, 7) is 5.09. The van der Waals surface area contributed by atoms with Crippen LogP contribution in [0.25, 0.3) is 0 Å². The van der Waals surface area contributed by atoms with E-state index in [2.05, 4.69) is 0 Å². The van der Waals surface area contributed by atoms with Gasteiger partial charge in [0.1, 0.15) is 0 Å². The van der Waals surface area contributed by atoms with Gasteiger partial charge in [0.05, 0.1) is 6.10 Å². The fourth-order valence-electron chi connectivity index (χ4n) is 1.19. The van der Waals surface area contributed by atoms with E-state index in [0.717, 1.165) is 0 Å². The molecule has 0 saturated carbocycles. The summed E-state index contributed by atoms with van der Waals surface area (Å²) in [6, 6.07) is 0. The van der Waals surface area contributed by atoms with E-state index in [1.807, 2.05) is 0 Å². The van der Waals surface area contributed by atoms with Crippen LogP contribution in [0, 0.1) is 0 Å². The number of hydrogen-bond donors (Lipinski definition) is 1. The van der Waals surface area contributed by atoms with Crippen LogP contribution >= 0.6 is 0 Å². The van der Waals surface area contributed by atoms with Crippen molar-refractivity contribution in [2.24, 2.45) is 0 Å². The van der Waals surface area contributed by atoms with Crippen molar-refractivity contribution in [3.8, 4) is 0 Å². The molecular weight excluding hydrogens is 148 g/mol. The molecule has 0 aliphatic carbocycles. The molecule has 0 spiro atoms. The maximum Gasteiger partial charge on any atom is 0.335 e. The highest BCUT2D eigenvalue weighted by molar-refractivity contribution is 5.73. The van der Waals surface area contributed by atoms with Crippen molar-refractivity contribution in [3.05, 3.63) is 0 Å². The molecule has 64 valence electrons. The standard InChI is InChI=1S/C7H12O4/c1-4-5(6(8)9)11-7(2,3)10-4/h4-5H,1-3H3,(H,8,9)/t4-,5-/m0/s1. The monoisotopic (exact) mass is 160 g/mol. The normalized spacial score (nSPS) is 35.5. The number of rotatable bonds is 1. The maximum absolute atomic E-state index is 10.5. The Morgan fingerprint density at radius 1 is 1.45 bits per heavy atom. The van der Waals surface area contributed by atoms with Crippen LogP contribution in [0.2, 0.25) is 0 Å². The van der Waals surface area contributed by atoms with E-state index in [4.69, 9.17) is 14.6 Å². The summed E-state index contributed by atoms with van der Waals surface area (Å²) >= 11 is 0. The predicted molar refractivity (Wildman–Crippen MR) is 37.1 cm³/mol. The molecule has 1 heterocycles. The van der Waals surface area contributed by atoms with Crippen molar-refractivity contribution in [1.29, 1.82) is 0 Å². The van der Waals surface area contributed by atoms with Gasteiger partial charge in [0, 0.05) is 0 Å². The lowest BCUT2D eigenvalue weighted by molar-refractivity contribution is -0.165. The molecule has 1 aliphatic heterocycles. The minimum absolute atomic E-state index is 0.373. The Hall–Kier alpha value is -0.610. The van der Waals surface area contributed by atoms with Crippen LogP contribution in [0.5, 0.6) is 0 Å². The van der Waals surface area contributed by atoms with Crippen LogP contribution in [0.15, 0.2) is 0 Å². The summed E-state index contributed by atoms with van der Waals surface area (Å²) in [5.41, 5.74) is 0. The van der Waals surface area contributed by atoms with Crippen LogP contribution in [0.1, 0.15) is 20.8 Å². The molecule has 4 nitrogen and oxygen atoms in total. The van der Waals surface area contributed by atoms with E-state index >= 15 is 0 Å². The van der Waals surface area contributed by atoms with Gasteiger partial charge >= 0.3 is 5.97 Å². The van der Waals surface area contributed by atoms with E-state index in [1.54, 1.807) is 20.8 Å². The SMILES string of the molecule is C[C@@H]1OC(C)(C)O[C@@H]1C(=O)O. The second kappa shape index (κ2) is 2.46. The highest BCUT2D eigenvalue weighted by atomic mass is 16.8. The lowest BCUT2D eigenvalue weighted by atomic mass is 10.2. The number of ether oxygens (including phenoxy) is 2. The van der Waals surface area contributed by atoms with E-state index in [9.17, 15) is 4.79 Å². The van der Waals surface area contributed by atoms with Gasteiger partial charge in [-0.1, -0.05) is 0 Å². The molecule has 0 radical (unpaired) electrons. The fraction of sp³-hybridized carbons (Fsp3) is 0.857. The molecule has 0 bridgehead atoms. The average molecular weight is 160 g/mol.